The van der Waals surface area contributed by atoms with Crippen molar-refractivity contribution in [1.29, 1.82) is 0 Å². The highest BCUT2D eigenvalue weighted by molar-refractivity contribution is 5.90. The predicted molar refractivity (Wildman–Crippen MR) is 112 cm³/mol. The van der Waals surface area contributed by atoms with E-state index in [1.165, 1.54) is 21.3 Å². The van der Waals surface area contributed by atoms with Crippen molar-refractivity contribution in [2.45, 2.75) is 32.8 Å². The number of piperidine rings is 1. The zero-order valence-electron chi connectivity index (χ0n) is 18.0. The molecule has 0 radical (unpaired) electrons. The summed E-state index contributed by atoms with van der Waals surface area (Å²) < 4.78 is 22.0. The maximum Gasteiger partial charge on any atom is 0.321 e. The average Bonchev–Trinajstić information content (AvgIpc) is 2.72. The second-order valence-electron chi connectivity index (χ2n) is 7.11. The monoisotopic (exact) mass is 416 g/mol. The molecule has 162 valence electrons. The molecule has 1 aliphatic rings. The van der Waals surface area contributed by atoms with Crippen LogP contribution in [0, 0.1) is 13.8 Å². The molecule has 0 saturated carbocycles. The van der Waals surface area contributed by atoms with E-state index in [0.29, 0.717) is 42.0 Å². The predicted octanol–water partition coefficient (Wildman–Crippen LogP) is 3.19. The molecule has 30 heavy (non-hydrogen) atoms. The molecule has 0 bridgehead atoms. The molecule has 1 aliphatic heterocycles. The van der Waals surface area contributed by atoms with Gasteiger partial charge in [0.1, 0.15) is 6.10 Å². The molecule has 1 aromatic carbocycles. The Morgan fingerprint density at radius 1 is 1.03 bits per heavy atom. The number of amides is 2. The minimum atomic E-state index is -0.223. The summed E-state index contributed by atoms with van der Waals surface area (Å²) >= 11 is 0. The molecule has 0 aliphatic carbocycles. The number of urea groups is 1. The summed E-state index contributed by atoms with van der Waals surface area (Å²) in [4.78, 5) is 23.2. The van der Waals surface area contributed by atoms with Crippen LogP contribution in [0.2, 0.25) is 0 Å². The van der Waals surface area contributed by atoms with E-state index in [1.807, 2.05) is 19.9 Å². The van der Waals surface area contributed by atoms with Gasteiger partial charge in [-0.25, -0.2) is 14.8 Å². The first-order valence-electron chi connectivity index (χ1n) is 9.78. The Morgan fingerprint density at radius 2 is 1.67 bits per heavy atom. The lowest BCUT2D eigenvalue weighted by Gasteiger charge is -2.32. The Kier molecular flexibility index (Phi) is 6.81. The molecule has 2 heterocycles. The van der Waals surface area contributed by atoms with Crippen molar-refractivity contribution in [2.75, 3.05) is 39.7 Å². The van der Waals surface area contributed by atoms with E-state index in [0.717, 1.165) is 24.2 Å². The second kappa shape index (κ2) is 9.51. The number of anilines is 1. The smallest absolute Gasteiger partial charge is 0.321 e. The van der Waals surface area contributed by atoms with Gasteiger partial charge >= 0.3 is 12.0 Å². The minimum Gasteiger partial charge on any atom is -0.493 e. The standard InChI is InChI=1S/C21H28N4O5/c1-13-9-14(2)23-20(22-13)30-16-7-6-8-25(12-16)21(26)24-15-10-17(27-3)19(29-5)18(11-15)28-4/h9-11,16H,6-8,12H2,1-5H3,(H,24,26). The Morgan fingerprint density at radius 3 is 2.23 bits per heavy atom. The summed E-state index contributed by atoms with van der Waals surface area (Å²) in [6.07, 6.45) is 1.51. The molecule has 0 spiro atoms. The number of hydrogen-bond acceptors (Lipinski definition) is 7. The Labute approximate surface area is 176 Å². The molecule has 2 amide bonds. The summed E-state index contributed by atoms with van der Waals surface area (Å²) in [6.45, 7) is 4.90. The van der Waals surface area contributed by atoms with E-state index in [2.05, 4.69) is 15.3 Å². The first-order chi connectivity index (χ1) is 14.4. The highest BCUT2D eigenvalue weighted by atomic mass is 16.5. The Balaban J connectivity index is 1.68. The SMILES string of the molecule is COc1cc(NC(=O)N2CCCC(Oc3nc(C)cc(C)n3)C2)cc(OC)c1OC. The van der Waals surface area contributed by atoms with Crippen LogP contribution in [0.4, 0.5) is 10.5 Å². The van der Waals surface area contributed by atoms with Crippen LogP contribution in [-0.4, -0.2) is 61.4 Å². The molecule has 1 atom stereocenters. The number of methoxy groups -OCH3 is 3. The fourth-order valence-electron chi connectivity index (χ4n) is 3.47. The van der Waals surface area contributed by atoms with Crippen LogP contribution in [0.5, 0.6) is 23.3 Å². The van der Waals surface area contributed by atoms with Crippen molar-refractivity contribution in [2.24, 2.45) is 0 Å². The number of carbonyl (C=O) groups excluding carboxylic acids is 1. The molecular formula is C21H28N4O5. The number of ether oxygens (including phenoxy) is 4. The third kappa shape index (κ3) is 5.03. The number of aromatic nitrogens is 2. The third-order valence-electron chi connectivity index (χ3n) is 4.82. The summed E-state index contributed by atoms with van der Waals surface area (Å²) in [5.74, 6) is 1.41. The van der Waals surface area contributed by atoms with Gasteiger partial charge in [-0.1, -0.05) is 0 Å². The summed E-state index contributed by atoms with van der Waals surface area (Å²) in [5.41, 5.74) is 2.26. The van der Waals surface area contributed by atoms with Gasteiger partial charge in [0.05, 0.1) is 33.6 Å². The van der Waals surface area contributed by atoms with Crippen molar-refractivity contribution in [3.8, 4) is 23.3 Å². The van der Waals surface area contributed by atoms with E-state index < -0.39 is 0 Å². The zero-order valence-corrected chi connectivity index (χ0v) is 18.0. The average molecular weight is 416 g/mol. The van der Waals surface area contributed by atoms with Crippen LogP contribution < -0.4 is 24.3 Å². The normalized spacial score (nSPS) is 16.0. The van der Waals surface area contributed by atoms with Gasteiger partial charge in [-0.2, -0.15) is 0 Å². The van der Waals surface area contributed by atoms with Gasteiger partial charge < -0.3 is 29.2 Å². The quantitative estimate of drug-likeness (QED) is 0.773. The number of nitrogens with one attached hydrogen (secondary N) is 1. The minimum absolute atomic E-state index is 0.161. The van der Waals surface area contributed by atoms with Crippen LogP contribution in [0.25, 0.3) is 0 Å². The second-order valence-corrected chi connectivity index (χ2v) is 7.11. The lowest BCUT2D eigenvalue weighted by molar-refractivity contribution is 0.0980. The number of likely N-dealkylation sites (tertiary alicyclic amines) is 1. The van der Waals surface area contributed by atoms with Crippen LogP contribution in [0.3, 0.4) is 0 Å². The molecule has 1 fully saturated rings. The number of aryl methyl sites for hydroxylation is 2. The maximum atomic E-state index is 12.8. The molecule has 1 aromatic heterocycles. The molecule has 1 N–H and O–H groups in total. The fourth-order valence-corrected chi connectivity index (χ4v) is 3.47. The maximum absolute atomic E-state index is 12.8. The third-order valence-corrected chi connectivity index (χ3v) is 4.82. The van der Waals surface area contributed by atoms with E-state index in [9.17, 15) is 4.79 Å². The van der Waals surface area contributed by atoms with Crippen molar-refractivity contribution < 1.29 is 23.7 Å². The van der Waals surface area contributed by atoms with Crippen molar-refractivity contribution in [3.63, 3.8) is 0 Å². The van der Waals surface area contributed by atoms with E-state index in [1.54, 1.807) is 17.0 Å². The number of nitrogens with zero attached hydrogens (tertiary/aromatic N) is 3. The first-order valence-corrected chi connectivity index (χ1v) is 9.78. The largest absolute Gasteiger partial charge is 0.493 e. The van der Waals surface area contributed by atoms with E-state index >= 15 is 0 Å². The van der Waals surface area contributed by atoms with Crippen LogP contribution in [-0.2, 0) is 0 Å². The number of benzene rings is 1. The number of rotatable bonds is 6. The number of hydrogen-bond donors (Lipinski definition) is 1. The first kappa shape index (κ1) is 21.5. The molecule has 9 heteroatoms. The summed E-state index contributed by atoms with van der Waals surface area (Å²) in [6, 6.07) is 5.41. The topological polar surface area (TPSA) is 95.0 Å². The van der Waals surface area contributed by atoms with Crippen molar-refractivity contribution in [1.82, 2.24) is 14.9 Å². The van der Waals surface area contributed by atoms with Gasteiger partial charge in [0.25, 0.3) is 0 Å². The van der Waals surface area contributed by atoms with Gasteiger partial charge in [-0.15, -0.1) is 0 Å². The van der Waals surface area contributed by atoms with Gasteiger partial charge in [0.15, 0.2) is 11.5 Å². The van der Waals surface area contributed by atoms with Crippen molar-refractivity contribution >= 4 is 11.7 Å². The number of carbonyl (C=O) groups is 1. The molecule has 1 unspecified atom stereocenters. The fraction of sp³-hybridized carbons (Fsp3) is 0.476. The highest BCUT2D eigenvalue weighted by Crippen LogP contribution is 2.40. The molecular weight excluding hydrogens is 388 g/mol. The zero-order chi connectivity index (χ0) is 21.7. The lowest BCUT2D eigenvalue weighted by Crippen LogP contribution is -2.46. The van der Waals surface area contributed by atoms with Crippen LogP contribution >= 0.6 is 0 Å². The van der Waals surface area contributed by atoms with E-state index in [4.69, 9.17) is 18.9 Å². The van der Waals surface area contributed by atoms with Gasteiger partial charge in [0.2, 0.25) is 5.75 Å². The summed E-state index contributed by atoms with van der Waals surface area (Å²) in [7, 11) is 4.60. The van der Waals surface area contributed by atoms with Gasteiger partial charge in [-0.05, 0) is 32.8 Å². The Hall–Kier alpha value is -3.23. The Bertz CT molecular complexity index is 860. The van der Waals surface area contributed by atoms with Crippen LogP contribution in [0.1, 0.15) is 24.2 Å². The lowest BCUT2D eigenvalue weighted by atomic mass is 10.1. The molecule has 3 rings (SSSR count). The van der Waals surface area contributed by atoms with E-state index in [-0.39, 0.29) is 12.1 Å². The molecule has 1 saturated heterocycles. The van der Waals surface area contributed by atoms with Crippen LogP contribution in [0.15, 0.2) is 18.2 Å². The van der Waals surface area contributed by atoms with Gasteiger partial charge in [0, 0.05) is 30.1 Å². The van der Waals surface area contributed by atoms with Gasteiger partial charge in [-0.3, -0.25) is 0 Å². The molecule has 2 aromatic rings. The highest BCUT2D eigenvalue weighted by Gasteiger charge is 2.26. The van der Waals surface area contributed by atoms with Crippen molar-refractivity contribution in [3.05, 3.63) is 29.6 Å². The molecule has 9 nitrogen and oxygen atoms in total. The summed E-state index contributed by atoms with van der Waals surface area (Å²) in [5, 5.41) is 2.90.